The quantitative estimate of drug-likeness (QED) is 0.754. The minimum atomic E-state index is -0.161. The van der Waals surface area contributed by atoms with Crippen LogP contribution in [0.15, 0.2) is 47.1 Å². The van der Waals surface area contributed by atoms with Gasteiger partial charge in [-0.3, -0.25) is 0 Å². The molecule has 0 saturated carbocycles. The molecule has 0 aliphatic rings. The number of methoxy groups -OCH3 is 1. The van der Waals surface area contributed by atoms with Gasteiger partial charge in [0.25, 0.3) is 0 Å². The Hall–Kier alpha value is -1.41. The van der Waals surface area contributed by atoms with E-state index < -0.39 is 0 Å². The Morgan fingerprint density at radius 1 is 1.25 bits per heavy atom. The number of rotatable bonds is 4. The number of ether oxygens (including phenoxy) is 1. The summed E-state index contributed by atoms with van der Waals surface area (Å²) < 4.78 is 10.5. The van der Waals surface area contributed by atoms with Gasteiger partial charge in [-0.25, -0.2) is 0 Å². The van der Waals surface area contributed by atoms with Crippen molar-refractivity contribution < 1.29 is 9.15 Å². The molecule has 0 amide bonds. The number of hydrogen-bond donors (Lipinski definition) is 0. The maximum atomic E-state index is 6.26. The zero-order valence-corrected chi connectivity index (χ0v) is 9.78. The van der Waals surface area contributed by atoms with E-state index in [0.29, 0.717) is 6.42 Å². The lowest BCUT2D eigenvalue weighted by Gasteiger charge is -2.10. The van der Waals surface area contributed by atoms with E-state index in [0.717, 1.165) is 17.1 Å². The second-order valence-electron chi connectivity index (χ2n) is 3.50. The van der Waals surface area contributed by atoms with Gasteiger partial charge >= 0.3 is 0 Å². The molecule has 1 aromatic carbocycles. The number of furan rings is 1. The van der Waals surface area contributed by atoms with E-state index in [1.54, 1.807) is 13.4 Å². The SMILES string of the molecule is COc1ccccc1CC(Cl)c1ccco1. The van der Waals surface area contributed by atoms with Crippen LogP contribution in [0.4, 0.5) is 0 Å². The van der Waals surface area contributed by atoms with Crippen LogP contribution in [0.25, 0.3) is 0 Å². The Kier molecular flexibility index (Phi) is 3.52. The third-order valence-electron chi connectivity index (χ3n) is 2.44. The Labute approximate surface area is 99.8 Å². The first-order valence-corrected chi connectivity index (χ1v) is 5.54. The lowest BCUT2D eigenvalue weighted by atomic mass is 10.1. The van der Waals surface area contributed by atoms with Gasteiger partial charge in [-0.1, -0.05) is 18.2 Å². The zero-order chi connectivity index (χ0) is 11.4. The van der Waals surface area contributed by atoms with Gasteiger partial charge in [0.05, 0.1) is 18.8 Å². The molecule has 0 radical (unpaired) electrons. The molecule has 84 valence electrons. The van der Waals surface area contributed by atoms with Crippen LogP contribution in [-0.4, -0.2) is 7.11 Å². The number of para-hydroxylation sites is 1. The standard InChI is InChI=1S/C13H13ClO2/c1-15-12-6-3-2-5-10(12)9-11(14)13-7-4-8-16-13/h2-8,11H,9H2,1H3. The molecule has 2 aromatic rings. The zero-order valence-electron chi connectivity index (χ0n) is 9.02. The molecule has 1 aromatic heterocycles. The Morgan fingerprint density at radius 2 is 2.06 bits per heavy atom. The molecule has 0 N–H and O–H groups in total. The minimum Gasteiger partial charge on any atom is -0.496 e. The summed E-state index contributed by atoms with van der Waals surface area (Å²) >= 11 is 6.26. The first-order valence-electron chi connectivity index (χ1n) is 5.10. The van der Waals surface area contributed by atoms with Crippen molar-refractivity contribution in [3.8, 4) is 5.75 Å². The van der Waals surface area contributed by atoms with Gasteiger partial charge in [-0.05, 0) is 30.2 Å². The number of benzene rings is 1. The van der Waals surface area contributed by atoms with Gasteiger partial charge < -0.3 is 9.15 Å². The van der Waals surface area contributed by atoms with Crippen molar-refractivity contribution in [2.75, 3.05) is 7.11 Å². The maximum Gasteiger partial charge on any atom is 0.122 e. The molecule has 0 fully saturated rings. The summed E-state index contributed by atoms with van der Waals surface area (Å²) in [5.74, 6) is 1.65. The highest BCUT2D eigenvalue weighted by Gasteiger charge is 2.13. The molecule has 1 unspecified atom stereocenters. The lowest BCUT2D eigenvalue weighted by Crippen LogP contribution is -1.97. The summed E-state index contributed by atoms with van der Waals surface area (Å²) in [6, 6.07) is 11.6. The maximum absolute atomic E-state index is 6.26. The van der Waals surface area contributed by atoms with Gasteiger partial charge in [0.1, 0.15) is 11.5 Å². The molecule has 1 heterocycles. The number of alkyl halides is 1. The average molecular weight is 237 g/mol. The van der Waals surface area contributed by atoms with Gasteiger partial charge in [-0.15, -0.1) is 11.6 Å². The van der Waals surface area contributed by atoms with Crippen molar-refractivity contribution >= 4 is 11.6 Å². The van der Waals surface area contributed by atoms with Crippen LogP contribution in [0, 0.1) is 0 Å². The second-order valence-corrected chi connectivity index (χ2v) is 4.03. The van der Waals surface area contributed by atoms with Crippen molar-refractivity contribution in [3.05, 3.63) is 54.0 Å². The molecule has 2 rings (SSSR count). The Balaban J connectivity index is 2.14. The number of hydrogen-bond acceptors (Lipinski definition) is 2. The third kappa shape index (κ3) is 2.39. The molecule has 3 heteroatoms. The molecular weight excluding hydrogens is 224 g/mol. The fourth-order valence-corrected chi connectivity index (χ4v) is 1.93. The fraction of sp³-hybridized carbons (Fsp3) is 0.231. The first kappa shape index (κ1) is 11.1. The van der Waals surface area contributed by atoms with E-state index in [4.69, 9.17) is 20.8 Å². The highest BCUT2D eigenvalue weighted by atomic mass is 35.5. The first-order chi connectivity index (χ1) is 7.81. The van der Waals surface area contributed by atoms with Gasteiger partial charge in [-0.2, -0.15) is 0 Å². The molecule has 16 heavy (non-hydrogen) atoms. The highest BCUT2D eigenvalue weighted by molar-refractivity contribution is 6.20. The summed E-state index contributed by atoms with van der Waals surface area (Å²) in [4.78, 5) is 0. The van der Waals surface area contributed by atoms with Crippen molar-refractivity contribution in [3.63, 3.8) is 0 Å². The number of halogens is 1. The summed E-state index contributed by atoms with van der Waals surface area (Å²) in [5, 5.41) is -0.161. The van der Waals surface area contributed by atoms with Crippen LogP contribution >= 0.6 is 11.6 Å². The minimum absolute atomic E-state index is 0.161. The van der Waals surface area contributed by atoms with Crippen molar-refractivity contribution in [2.45, 2.75) is 11.8 Å². The molecule has 0 saturated heterocycles. The molecule has 0 spiro atoms. The summed E-state index contributed by atoms with van der Waals surface area (Å²) in [6.45, 7) is 0. The van der Waals surface area contributed by atoms with E-state index in [2.05, 4.69) is 0 Å². The van der Waals surface area contributed by atoms with Crippen LogP contribution in [-0.2, 0) is 6.42 Å². The average Bonchev–Trinajstić information content (AvgIpc) is 2.83. The molecule has 0 bridgehead atoms. The van der Waals surface area contributed by atoms with E-state index >= 15 is 0 Å². The second kappa shape index (κ2) is 5.08. The van der Waals surface area contributed by atoms with Crippen molar-refractivity contribution in [2.24, 2.45) is 0 Å². The Morgan fingerprint density at radius 3 is 2.75 bits per heavy atom. The third-order valence-corrected chi connectivity index (χ3v) is 2.81. The molecular formula is C13H13ClO2. The lowest BCUT2D eigenvalue weighted by molar-refractivity contribution is 0.408. The monoisotopic (exact) mass is 236 g/mol. The topological polar surface area (TPSA) is 22.4 Å². The van der Waals surface area contributed by atoms with E-state index in [9.17, 15) is 0 Å². The Bertz CT molecular complexity index is 437. The largest absolute Gasteiger partial charge is 0.496 e. The summed E-state index contributed by atoms with van der Waals surface area (Å²) in [5.41, 5.74) is 1.08. The van der Waals surface area contributed by atoms with E-state index in [-0.39, 0.29) is 5.38 Å². The smallest absolute Gasteiger partial charge is 0.122 e. The van der Waals surface area contributed by atoms with Crippen LogP contribution in [0.2, 0.25) is 0 Å². The molecule has 0 aliphatic carbocycles. The predicted octanol–water partition coefficient (Wildman–Crippen LogP) is 3.81. The highest BCUT2D eigenvalue weighted by Crippen LogP contribution is 2.29. The fourth-order valence-electron chi connectivity index (χ4n) is 1.63. The molecule has 1 atom stereocenters. The van der Waals surface area contributed by atoms with Gasteiger partial charge in [0.2, 0.25) is 0 Å². The van der Waals surface area contributed by atoms with Crippen LogP contribution in [0.5, 0.6) is 5.75 Å². The molecule has 0 aliphatic heterocycles. The van der Waals surface area contributed by atoms with E-state index in [1.807, 2.05) is 36.4 Å². The summed E-state index contributed by atoms with van der Waals surface area (Å²) in [6.07, 6.45) is 2.33. The van der Waals surface area contributed by atoms with Gasteiger partial charge in [0.15, 0.2) is 0 Å². The molecule has 2 nitrogen and oxygen atoms in total. The van der Waals surface area contributed by atoms with Crippen molar-refractivity contribution in [1.29, 1.82) is 0 Å². The normalized spacial score (nSPS) is 12.4. The van der Waals surface area contributed by atoms with Crippen LogP contribution in [0.3, 0.4) is 0 Å². The van der Waals surface area contributed by atoms with Crippen LogP contribution < -0.4 is 4.74 Å². The van der Waals surface area contributed by atoms with Gasteiger partial charge in [0, 0.05) is 0 Å². The predicted molar refractivity (Wildman–Crippen MR) is 64.0 cm³/mol. The van der Waals surface area contributed by atoms with Crippen LogP contribution in [0.1, 0.15) is 16.7 Å². The van der Waals surface area contributed by atoms with Crippen molar-refractivity contribution in [1.82, 2.24) is 0 Å². The summed E-state index contributed by atoms with van der Waals surface area (Å²) in [7, 11) is 1.66. The van der Waals surface area contributed by atoms with E-state index in [1.165, 1.54) is 0 Å².